The van der Waals surface area contributed by atoms with Gasteiger partial charge in [0.05, 0.1) is 52.4 Å². The summed E-state index contributed by atoms with van der Waals surface area (Å²) in [5.74, 6) is -0.528. The lowest BCUT2D eigenvalue weighted by molar-refractivity contribution is -0.393. The average Bonchev–Trinajstić information content (AvgIpc) is 2.94. The Morgan fingerprint density at radius 2 is 1.73 bits per heavy atom. The second-order valence-corrected chi connectivity index (χ2v) is 9.32. The van der Waals surface area contributed by atoms with Crippen LogP contribution in [0.3, 0.4) is 0 Å². The molecule has 15 heteroatoms. The molecule has 14 nitrogen and oxygen atoms in total. The number of amides is 1. The van der Waals surface area contributed by atoms with Crippen LogP contribution in [0.1, 0.15) is 18.9 Å². The van der Waals surface area contributed by atoms with Crippen molar-refractivity contribution in [3.8, 4) is 5.75 Å². The molecule has 0 aliphatic carbocycles. The van der Waals surface area contributed by atoms with E-state index in [2.05, 4.69) is 31.5 Å². The second kappa shape index (κ2) is 13.9. The van der Waals surface area contributed by atoms with Gasteiger partial charge in [-0.1, -0.05) is 30.3 Å². The molecule has 1 amide bonds. The molecule has 3 rings (SSSR count). The van der Waals surface area contributed by atoms with E-state index in [-0.39, 0.29) is 34.5 Å². The van der Waals surface area contributed by atoms with Crippen LogP contribution in [0.2, 0.25) is 0 Å². The van der Waals surface area contributed by atoms with Gasteiger partial charge in [0, 0.05) is 32.1 Å². The van der Waals surface area contributed by atoms with Gasteiger partial charge in [-0.3, -0.25) is 29.8 Å². The molecule has 0 saturated heterocycles. The number of carbonyl (C=O) groups excluding carboxylic acids is 2. The standard InChI is InChI=1S/C26H25BrN6O8/c1-16(34)28-20-13-22(31(10-9-25(35)41-3)15-17-7-5-4-6-8-17)24(40-2)14-21(20)29-30-26-19(27)11-18(32(36)37)12-23(26)33(38)39/h4-8,11-14H,9-10,15H2,1-3H3,(H,28,34). The van der Waals surface area contributed by atoms with E-state index in [1.54, 1.807) is 6.07 Å². The number of carbonyl (C=O) groups is 2. The topological polar surface area (TPSA) is 179 Å². The molecule has 0 fully saturated rings. The summed E-state index contributed by atoms with van der Waals surface area (Å²) >= 11 is 3.09. The highest BCUT2D eigenvalue weighted by Gasteiger charge is 2.24. The molecule has 0 aliphatic heterocycles. The third kappa shape index (κ3) is 8.04. The highest BCUT2D eigenvalue weighted by molar-refractivity contribution is 9.10. The van der Waals surface area contributed by atoms with Gasteiger partial charge < -0.3 is 19.7 Å². The molecule has 0 radical (unpaired) electrons. The van der Waals surface area contributed by atoms with Crippen LogP contribution < -0.4 is 15.0 Å². The van der Waals surface area contributed by atoms with Crippen LogP contribution in [0.15, 0.2) is 69.3 Å². The Morgan fingerprint density at radius 1 is 1.02 bits per heavy atom. The number of esters is 1. The first-order valence-corrected chi connectivity index (χ1v) is 12.7. The van der Waals surface area contributed by atoms with E-state index in [4.69, 9.17) is 9.47 Å². The third-order valence-corrected chi connectivity index (χ3v) is 6.28. The minimum Gasteiger partial charge on any atom is -0.494 e. The fourth-order valence-corrected chi connectivity index (χ4v) is 4.29. The van der Waals surface area contributed by atoms with Gasteiger partial charge in [-0.15, -0.1) is 10.2 Å². The Balaban J connectivity index is 2.13. The van der Waals surface area contributed by atoms with Crippen LogP contribution in [0.5, 0.6) is 5.75 Å². The molecule has 0 unspecified atom stereocenters. The van der Waals surface area contributed by atoms with Crippen molar-refractivity contribution in [3.63, 3.8) is 0 Å². The molecule has 3 aromatic carbocycles. The number of azo groups is 1. The summed E-state index contributed by atoms with van der Waals surface area (Å²) < 4.78 is 10.4. The van der Waals surface area contributed by atoms with Crippen molar-refractivity contribution >= 4 is 61.9 Å². The van der Waals surface area contributed by atoms with Crippen molar-refractivity contribution in [1.29, 1.82) is 0 Å². The minimum atomic E-state index is -0.812. The number of hydrogen-bond acceptors (Lipinski definition) is 11. The van der Waals surface area contributed by atoms with Gasteiger partial charge in [0.15, 0.2) is 5.69 Å². The summed E-state index contributed by atoms with van der Waals surface area (Å²) in [6.07, 6.45) is 0.0707. The number of ether oxygens (including phenoxy) is 2. The number of methoxy groups -OCH3 is 2. The van der Waals surface area contributed by atoms with Crippen molar-refractivity contribution < 1.29 is 28.9 Å². The number of rotatable bonds is 12. The molecule has 0 heterocycles. The zero-order valence-corrected chi connectivity index (χ0v) is 23.8. The van der Waals surface area contributed by atoms with Gasteiger partial charge in [0.1, 0.15) is 11.4 Å². The Hall–Kier alpha value is -4.92. The first kappa shape index (κ1) is 30.6. The SMILES string of the molecule is COC(=O)CCN(Cc1ccccc1)c1cc(NC(C)=O)c(N=Nc2c(Br)cc([N+](=O)[O-])cc2[N+](=O)[O-])cc1OC. The predicted octanol–water partition coefficient (Wildman–Crippen LogP) is 6.22. The van der Waals surface area contributed by atoms with E-state index >= 15 is 0 Å². The molecule has 41 heavy (non-hydrogen) atoms. The van der Waals surface area contributed by atoms with E-state index in [0.29, 0.717) is 18.0 Å². The first-order chi connectivity index (χ1) is 19.5. The normalized spacial score (nSPS) is 10.7. The first-order valence-electron chi connectivity index (χ1n) is 11.9. The lowest BCUT2D eigenvalue weighted by Crippen LogP contribution is -2.26. The minimum absolute atomic E-state index is 0.0244. The number of halogens is 1. The lowest BCUT2D eigenvalue weighted by Gasteiger charge is -2.27. The smallest absolute Gasteiger partial charge is 0.307 e. The predicted molar refractivity (Wildman–Crippen MR) is 153 cm³/mol. The maximum atomic E-state index is 12.1. The summed E-state index contributed by atoms with van der Waals surface area (Å²) in [6, 6.07) is 14.4. The van der Waals surface area contributed by atoms with E-state index in [1.807, 2.05) is 35.2 Å². The van der Waals surface area contributed by atoms with Gasteiger partial charge in [-0.05, 0) is 27.6 Å². The fourth-order valence-electron chi connectivity index (χ4n) is 3.78. The molecule has 1 N–H and O–H groups in total. The van der Waals surface area contributed by atoms with Crippen LogP contribution in [-0.4, -0.2) is 42.5 Å². The lowest BCUT2D eigenvalue weighted by atomic mass is 10.1. The quantitative estimate of drug-likeness (QED) is 0.105. The Kier molecular flexibility index (Phi) is 10.4. The van der Waals surface area contributed by atoms with E-state index in [0.717, 1.165) is 17.7 Å². The number of anilines is 2. The molecule has 0 aliphatic rings. The number of benzene rings is 3. The van der Waals surface area contributed by atoms with Gasteiger partial charge >= 0.3 is 11.7 Å². The van der Waals surface area contributed by atoms with Crippen molar-refractivity contribution in [1.82, 2.24) is 0 Å². The summed E-state index contributed by atoms with van der Waals surface area (Å²) in [7, 11) is 2.73. The van der Waals surface area contributed by atoms with Gasteiger partial charge in [-0.2, -0.15) is 0 Å². The summed E-state index contributed by atoms with van der Waals surface area (Å²) in [4.78, 5) is 47.1. The highest BCUT2D eigenvalue weighted by atomic mass is 79.9. The van der Waals surface area contributed by atoms with Crippen LogP contribution in [0.4, 0.5) is 34.1 Å². The summed E-state index contributed by atoms with van der Waals surface area (Å²) in [5.41, 5.74) is 0.349. The van der Waals surface area contributed by atoms with Gasteiger partial charge in [0.25, 0.3) is 5.69 Å². The van der Waals surface area contributed by atoms with Gasteiger partial charge in [0.2, 0.25) is 5.91 Å². The van der Waals surface area contributed by atoms with Crippen LogP contribution >= 0.6 is 15.9 Å². The summed E-state index contributed by atoms with van der Waals surface area (Å²) in [6.45, 7) is 1.93. The third-order valence-electron chi connectivity index (χ3n) is 5.67. The number of nitro benzene ring substituents is 2. The maximum absolute atomic E-state index is 12.1. The second-order valence-electron chi connectivity index (χ2n) is 8.47. The monoisotopic (exact) mass is 628 g/mol. The van der Waals surface area contributed by atoms with E-state index in [9.17, 15) is 29.8 Å². The Labute approximate surface area is 242 Å². The van der Waals surface area contributed by atoms with E-state index < -0.39 is 33.1 Å². The average molecular weight is 629 g/mol. The molecule has 0 spiro atoms. The number of hydrogen-bond donors (Lipinski definition) is 1. The number of nitrogens with one attached hydrogen (secondary N) is 1. The van der Waals surface area contributed by atoms with Crippen LogP contribution in [-0.2, 0) is 20.9 Å². The molecule has 0 bridgehead atoms. The van der Waals surface area contributed by atoms with Crippen LogP contribution in [0.25, 0.3) is 0 Å². The van der Waals surface area contributed by atoms with Gasteiger partial charge in [-0.25, -0.2) is 0 Å². The molecule has 0 aromatic heterocycles. The largest absolute Gasteiger partial charge is 0.494 e. The summed E-state index contributed by atoms with van der Waals surface area (Å²) in [5, 5.41) is 33.6. The zero-order valence-electron chi connectivity index (χ0n) is 22.2. The van der Waals surface area contributed by atoms with E-state index in [1.165, 1.54) is 27.2 Å². The highest BCUT2D eigenvalue weighted by Crippen LogP contribution is 2.43. The number of nitrogens with zero attached hydrogens (tertiary/aromatic N) is 5. The molecule has 0 saturated carbocycles. The Bertz CT molecular complexity index is 1500. The maximum Gasteiger partial charge on any atom is 0.307 e. The van der Waals surface area contributed by atoms with Crippen molar-refractivity contribution in [2.24, 2.45) is 10.2 Å². The molecule has 0 atom stereocenters. The molecule has 3 aromatic rings. The Morgan fingerprint density at radius 3 is 2.32 bits per heavy atom. The fraction of sp³-hybridized carbons (Fsp3) is 0.231. The van der Waals surface area contributed by atoms with Crippen molar-refractivity contribution in [2.45, 2.75) is 19.9 Å². The zero-order chi connectivity index (χ0) is 30.1. The molecular formula is C26H25BrN6O8. The number of nitro groups is 2. The molecule has 214 valence electrons. The van der Waals surface area contributed by atoms with Crippen molar-refractivity contribution in [2.75, 3.05) is 31.0 Å². The number of non-ortho nitro benzene ring substituents is 1. The van der Waals surface area contributed by atoms with Crippen LogP contribution in [0, 0.1) is 20.2 Å². The van der Waals surface area contributed by atoms with Crippen molar-refractivity contribution in [3.05, 3.63) is 84.9 Å². The molecular weight excluding hydrogens is 604 g/mol.